The molecule has 4 nitrogen and oxygen atoms in total. The van der Waals surface area contributed by atoms with Gasteiger partial charge in [0.05, 0.1) is 12.3 Å². The first-order valence-electron chi connectivity index (χ1n) is 7.15. The third kappa shape index (κ3) is 4.56. The summed E-state index contributed by atoms with van der Waals surface area (Å²) in [6, 6.07) is 10.4. The van der Waals surface area contributed by atoms with E-state index in [0.717, 1.165) is 44.9 Å². The first kappa shape index (κ1) is 14.9. The molecule has 0 spiro atoms. The van der Waals surface area contributed by atoms with Gasteiger partial charge in [0.2, 0.25) is 0 Å². The zero-order valence-electron chi connectivity index (χ0n) is 12.1. The molecule has 1 heterocycles. The van der Waals surface area contributed by atoms with E-state index in [1.54, 1.807) is 7.11 Å². The van der Waals surface area contributed by atoms with Crippen molar-refractivity contribution in [3.05, 3.63) is 42.2 Å². The predicted molar refractivity (Wildman–Crippen MR) is 82.8 cm³/mol. The Hall–Kier alpha value is -1.49. The van der Waals surface area contributed by atoms with Crippen LogP contribution < -0.4 is 10.6 Å². The minimum absolute atomic E-state index is 0.771. The van der Waals surface area contributed by atoms with Crippen LogP contribution in [0.4, 0.5) is 0 Å². The van der Waals surface area contributed by atoms with Crippen LogP contribution in [-0.2, 0) is 11.3 Å². The van der Waals surface area contributed by atoms with Crippen LogP contribution in [0.2, 0.25) is 0 Å². The van der Waals surface area contributed by atoms with Crippen molar-refractivity contribution in [2.45, 2.75) is 13.0 Å². The molecule has 2 aromatic rings. The van der Waals surface area contributed by atoms with Crippen LogP contribution in [0, 0.1) is 0 Å². The summed E-state index contributed by atoms with van der Waals surface area (Å²) >= 11 is 0. The summed E-state index contributed by atoms with van der Waals surface area (Å²) < 4.78 is 4.98. The molecule has 0 aliphatic heterocycles. The van der Waals surface area contributed by atoms with Gasteiger partial charge in [-0.3, -0.25) is 4.98 Å². The van der Waals surface area contributed by atoms with Gasteiger partial charge in [-0.25, -0.2) is 0 Å². The van der Waals surface area contributed by atoms with E-state index in [1.165, 1.54) is 10.8 Å². The van der Waals surface area contributed by atoms with Crippen LogP contribution in [-0.4, -0.2) is 38.3 Å². The quantitative estimate of drug-likeness (QED) is 0.686. The molecule has 0 atom stereocenters. The number of hydrogen-bond acceptors (Lipinski definition) is 4. The van der Waals surface area contributed by atoms with Crippen molar-refractivity contribution >= 4 is 10.8 Å². The maximum atomic E-state index is 4.98. The molecule has 0 aliphatic carbocycles. The minimum atomic E-state index is 0.771. The van der Waals surface area contributed by atoms with Gasteiger partial charge in [0.15, 0.2) is 0 Å². The predicted octanol–water partition coefficient (Wildman–Crippen LogP) is 1.95. The van der Waals surface area contributed by atoms with Gasteiger partial charge in [-0.1, -0.05) is 24.3 Å². The van der Waals surface area contributed by atoms with Gasteiger partial charge in [-0.2, -0.15) is 0 Å². The molecule has 1 aromatic carbocycles. The topological polar surface area (TPSA) is 46.2 Å². The molecule has 20 heavy (non-hydrogen) atoms. The fourth-order valence-electron chi connectivity index (χ4n) is 2.17. The second-order valence-electron chi connectivity index (χ2n) is 4.75. The van der Waals surface area contributed by atoms with Crippen LogP contribution in [0.3, 0.4) is 0 Å². The summed E-state index contributed by atoms with van der Waals surface area (Å²) in [5.74, 6) is 0. The van der Waals surface area contributed by atoms with Crippen LogP contribution in [0.15, 0.2) is 36.5 Å². The number of benzene rings is 1. The molecule has 2 N–H and O–H groups in total. The van der Waals surface area contributed by atoms with Crippen molar-refractivity contribution in [1.82, 2.24) is 15.6 Å². The lowest BCUT2D eigenvalue weighted by molar-refractivity contribution is 0.199. The van der Waals surface area contributed by atoms with E-state index < -0.39 is 0 Å². The Morgan fingerprint density at radius 2 is 1.90 bits per heavy atom. The number of methoxy groups -OCH3 is 1. The average Bonchev–Trinajstić information content (AvgIpc) is 2.50. The van der Waals surface area contributed by atoms with Gasteiger partial charge in [0.25, 0.3) is 0 Å². The summed E-state index contributed by atoms with van der Waals surface area (Å²) in [7, 11) is 1.72. The molecule has 0 radical (unpaired) electrons. The van der Waals surface area contributed by atoms with Crippen molar-refractivity contribution in [2.24, 2.45) is 0 Å². The fourth-order valence-corrected chi connectivity index (χ4v) is 2.17. The maximum absolute atomic E-state index is 4.98. The number of nitrogens with zero attached hydrogens (tertiary/aromatic N) is 1. The summed E-state index contributed by atoms with van der Waals surface area (Å²) in [5.41, 5.74) is 1.12. The van der Waals surface area contributed by atoms with Crippen molar-refractivity contribution in [1.29, 1.82) is 0 Å². The van der Waals surface area contributed by atoms with E-state index in [0.29, 0.717) is 0 Å². The van der Waals surface area contributed by atoms with Crippen LogP contribution >= 0.6 is 0 Å². The van der Waals surface area contributed by atoms with Gasteiger partial charge in [0, 0.05) is 31.8 Å². The van der Waals surface area contributed by atoms with Crippen LogP contribution in [0.5, 0.6) is 0 Å². The molecule has 0 aliphatic rings. The minimum Gasteiger partial charge on any atom is -0.383 e. The second kappa shape index (κ2) is 8.64. The molecule has 1 aromatic heterocycles. The number of fused-ring (bicyclic) bond motifs is 1. The zero-order chi connectivity index (χ0) is 14.0. The lowest BCUT2D eigenvalue weighted by Gasteiger charge is -2.08. The van der Waals surface area contributed by atoms with Crippen LogP contribution in [0.1, 0.15) is 12.1 Å². The molecule has 0 saturated heterocycles. The first-order valence-corrected chi connectivity index (χ1v) is 7.15. The van der Waals surface area contributed by atoms with Gasteiger partial charge in [-0.05, 0) is 31.0 Å². The normalized spacial score (nSPS) is 11.1. The molecular weight excluding hydrogens is 250 g/mol. The van der Waals surface area contributed by atoms with E-state index >= 15 is 0 Å². The Kier molecular flexibility index (Phi) is 6.44. The Morgan fingerprint density at radius 3 is 2.80 bits per heavy atom. The third-order valence-electron chi connectivity index (χ3n) is 3.24. The number of nitrogens with one attached hydrogen (secondary N) is 2. The standard InChI is InChI=1S/C16H23N3O/c1-20-12-11-17-8-4-9-18-13-16-15-6-3-2-5-14(15)7-10-19-16/h2-3,5-7,10,17-18H,4,8-9,11-13H2,1H3. The highest BCUT2D eigenvalue weighted by Gasteiger charge is 2.00. The van der Waals surface area contributed by atoms with Gasteiger partial charge in [0.1, 0.15) is 0 Å². The van der Waals surface area contributed by atoms with Gasteiger partial charge >= 0.3 is 0 Å². The van der Waals surface area contributed by atoms with Gasteiger partial charge < -0.3 is 15.4 Å². The molecule has 0 bridgehead atoms. The fraction of sp³-hybridized carbons (Fsp3) is 0.438. The highest BCUT2D eigenvalue weighted by atomic mass is 16.5. The molecule has 0 saturated carbocycles. The van der Waals surface area contributed by atoms with Crippen molar-refractivity contribution in [3.63, 3.8) is 0 Å². The molecular formula is C16H23N3O. The van der Waals surface area contributed by atoms with E-state index in [1.807, 2.05) is 6.20 Å². The monoisotopic (exact) mass is 273 g/mol. The first-order chi connectivity index (χ1) is 9.92. The Balaban J connectivity index is 1.71. The molecule has 2 rings (SSSR count). The van der Waals surface area contributed by atoms with Gasteiger partial charge in [-0.15, -0.1) is 0 Å². The summed E-state index contributed by atoms with van der Waals surface area (Å²) in [6.07, 6.45) is 2.99. The Labute approximate surface area is 120 Å². The highest BCUT2D eigenvalue weighted by Crippen LogP contribution is 2.15. The summed E-state index contributed by atoms with van der Waals surface area (Å²) in [6.45, 7) is 4.51. The number of hydrogen-bond donors (Lipinski definition) is 2. The Morgan fingerprint density at radius 1 is 1.05 bits per heavy atom. The number of aromatic nitrogens is 1. The Bertz CT molecular complexity index is 511. The number of ether oxygens (including phenoxy) is 1. The van der Waals surface area contributed by atoms with E-state index in [4.69, 9.17) is 4.74 Å². The maximum Gasteiger partial charge on any atom is 0.0619 e. The van der Waals surface area contributed by atoms with Crippen molar-refractivity contribution in [2.75, 3.05) is 33.4 Å². The summed E-state index contributed by atoms with van der Waals surface area (Å²) in [5, 5.41) is 9.27. The lowest BCUT2D eigenvalue weighted by atomic mass is 10.1. The van der Waals surface area contributed by atoms with Crippen LogP contribution in [0.25, 0.3) is 10.8 Å². The largest absolute Gasteiger partial charge is 0.383 e. The van der Waals surface area contributed by atoms with Crippen molar-refractivity contribution in [3.8, 4) is 0 Å². The third-order valence-corrected chi connectivity index (χ3v) is 3.24. The van der Waals surface area contributed by atoms with Crippen molar-refractivity contribution < 1.29 is 4.74 Å². The SMILES string of the molecule is COCCNCCCNCc1nccc2ccccc12. The summed E-state index contributed by atoms with van der Waals surface area (Å²) in [4.78, 5) is 4.47. The average molecular weight is 273 g/mol. The highest BCUT2D eigenvalue weighted by molar-refractivity contribution is 5.84. The molecule has 4 heteroatoms. The lowest BCUT2D eigenvalue weighted by Crippen LogP contribution is -2.24. The molecule has 0 unspecified atom stereocenters. The number of rotatable bonds is 9. The molecule has 108 valence electrons. The van der Waals surface area contributed by atoms with E-state index in [-0.39, 0.29) is 0 Å². The second-order valence-corrected chi connectivity index (χ2v) is 4.75. The molecule has 0 fully saturated rings. The molecule has 0 amide bonds. The van der Waals surface area contributed by atoms with E-state index in [9.17, 15) is 0 Å². The van der Waals surface area contributed by atoms with E-state index in [2.05, 4.69) is 45.9 Å². The smallest absolute Gasteiger partial charge is 0.0619 e. The number of pyridine rings is 1. The zero-order valence-corrected chi connectivity index (χ0v) is 12.1.